The van der Waals surface area contributed by atoms with E-state index in [-0.39, 0.29) is 17.7 Å². The van der Waals surface area contributed by atoms with Crippen LogP contribution in [0.3, 0.4) is 0 Å². The van der Waals surface area contributed by atoms with E-state index in [9.17, 15) is 9.59 Å². The number of imidazole rings is 1. The summed E-state index contributed by atoms with van der Waals surface area (Å²) < 4.78 is 8.16. The van der Waals surface area contributed by atoms with Gasteiger partial charge in [0.1, 0.15) is 6.33 Å². The van der Waals surface area contributed by atoms with Crippen molar-refractivity contribution in [2.24, 2.45) is 0 Å². The molecule has 0 aliphatic rings. The lowest BCUT2D eigenvalue weighted by atomic mass is 10.2. The molecule has 0 radical (unpaired) electrons. The maximum atomic E-state index is 13.7. The Balaban J connectivity index is 1.74. The molecule has 2 aromatic heterocycles. The van der Waals surface area contributed by atoms with Gasteiger partial charge in [0.05, 0.1) is 22.9 Å². The topological polar surface area (TPSA) is 79.0 Å². The lowest BCUT2D eigenvalue weighted by Gasteiger charge is -2.14. The Morgan fingerprint density at radius 3 is 2.25 bits per heavy atom. The van der Waals surface area contributed by atoms with Crippen molar-refractivity contribution in [2.45, 2.75) is 6.92 Å². The molecule has 5 aromatic rings. The van der Waals surface area contributed by atoms with Gasteiger partial charge in [0.2, 0.25) is 0 Å². The highest BCUT2D eigenvalue weighted by Crippen LogP contribution is 2.31. The third kappa shape index (κ3) is 4.37. The Morgan fingerprint density at radius 1 is 0.917 bits per heavy atom. The molecule has 2 heterocycles. The molecule has 7 nitrogen and oxygen atoms in total. The van der Waals surface area contributed by atoms with Gasteiger partial charge >= 0.3 is 5.97 Å². The van der Waals surface area contributed by atoms with Gasteiger partial charge < -0.3 is 4.74 Å². The quantitative estimate of drug-likeness (QED) is 0.242. The molecular formula is C26H17Cl3N4O3. The summed E-state index contributed by atoms with van der Waals surface area (Å²) in [5.41, 5.74) is 2.24. The van der Waals surface area contributed by atoms with Crippen LogP contribution in [0.25, 0.3) is 33.9 Å². The summed E-state index contributed by atoms with van der Waals surface area (Å²) in [6, 6.07) is 18.5. The molecule has 0 bridgehead atoms. The van der Waals surface area contributed by atoms with Gasteiger partial charge in [0, 0.05) is 21.3 Å². The zero-order valence-electron chi connectivity index (χ0n) is 18.8. The Hall–Kier alpha value is -3.65. The van der Waals surface area contributed by atoms with Gasteiger partial charge in [-0.2, -0.15) is 0 Å². The fraction of sp³-hybridized carbons (Fsp3) is 0.0769. The first kappa shape index (κ1) is 24.1. The van der Waals surface area contributed by atoms with E-state index in [1.807, 2.05) is 0 Å². The highest BCUT2D eigenvalue weighted by molar-refractivity contribution is 6.36. The van der Waals surface area contributed by atoms with E-state index in [1.165, 1.54) is 10.9 Å². The summed E-state index contributed by atoms with van der Waals surface area (Å²) >= 11 is 18.7. The SMILES string of the molecule is CCOC(=O)c1ccc(-n2cnc3c(=O)n(-c4ccc(Cl)cc4)c(-c4ccc(Cl)cc4Cl)nc32)cc1. The lowest BCUT2D eigenvalue weighted by Crippen LogP contribution is -2.22. The number of nitrogens with zero attached hydrogens (tertiary/aromatic N) is 4. The predicted octanol–water partition coefficient (Wildman–Crippen LogP) is 6.38. The van der Waals surface area contributed by atoms with Crippen molar-refractivity contribution >= 4 is 51.9 Å². The average Bonchev–Trinajstić information content (AvgIpc) is 3.29. The zero-order chi connectivity index (χ0) is 25.4. The first-order valence-electron chi connectivity index (χ1n) is 10.9. The van der Waals surface area contributed by atoms with Crippen molar-refractivity contribution in [2.75, 3.05) is 6.61 Å². The minimum absolute atomic E-state index is 0.160. The molecule has 0 aliphatic heterocycles. The number of carbonyl (C=O) groups is 1. The molecule has 36 heavy (non-hydrogen) atoms. The van der Waals surface area contributed by atoms with E-state index >= 15 is 0 Å². The second-order valence-electron chi connectivity index (χ2n) is 7.73. The zero-order valence-corrected chi connectivity index (χ0v) is 21.1. The van der Waals surface area contributed by atoms with Gasteiger partial charge in [-0.25, -0.2) is 14.8 Å². The maximum Gasteiger partial charge on any atom is 0.338 e. The molecular weight excluding hydrogens is 523 g/mol. The van der Waals surface area contributed by atoms with Crippen LogP contribution in [-0.4, -0.2) is 31.7 Å². The summed E-state index contributed by atoms with van der Waals surface area (Å²) in [4.78, 5) is 34.9. The van der Waals surface area contributed by atoms with Crippen molar-refractivity contribution < 1.29 is 9.53 Å². The highest BCUT2D eigenvalue weighted by atomic mass is 35.5. The molecule has 0 saturated carbocycles. The molecule has 0 unspecified atom stereocenters. The molecule has 0 N–H and O–H groups in total. The molecule has 5 rings (SSSR count). The third-order valence-corrected chi connectivity index (χ3v) is 6.28. The van der Waals surface area contributed by atoms with Crippen LogP contribution < -0.4 is 5.56 Å². The predicted molar refractivity (Wildman–Crippen MR) is 141 cm³/mol. The van der Waals surface area contributed by atoms with E-state index in [1.54, 1.807) is 78.2 Å². The summed E-state index contributed by atoms with van der Waals surface area (Å²) in [6.07, 6.45) is 1.51. The molecule has 180 valence electrons. The summed E-state index contributed by atoms with van der Waals surface area (Å²) in [7, 11) is 0. The van der Waals surface area contributed by atoms with Crippen LogP contribution in [0.5, 0.6) is 0 Å². The first-order valence-corrected chi connectivity index (χ1v) is 12.0. The number of hydrogen-bond donors (Lipinski definition) is 0. The summed E-state index contributed by atoms with van der Waals surface area (Å²) in [6.45, 7) is 2.03. The number of halogens is 3. The van der Waals surface area contributed by atoms with Crippen LogP contribution in [-0.2, 0) is 4.74 Å². The third-order valence-electron chi connectivity index (χ3n) is 5.49. The molecule has 0 aliphatic carbocycles. The monoisotopic (exact) mass is 538 g/mol. The van der Waals surface area contributed by atoms with Gasteiger partial charge in [-0.3, -0.25) is 13.9 Å². The minimum atomic E-state index is -0.414. The Morgan fingerprint density at radius 2 is 1.58 bits per heavy atom. The molecule has 0 atom stereocenters. The molecule has 0 spiro atoms. The number of ether oxygens (including phenoxy) is 1. The smallest absolute Gasteiger partial charge is 0.338 e. The van der Waals surface area contributed by atoms with Crippen molar-refractivity contribution in [3.63, 3.8) is 0 Å². The van der Waals surface area contributed by atoms with Crippen LogP contribution in [0.15, 0.2) is 77.9 Å². The summed E-state index contributed by atoms with van der Waals surface area (Å²) in [5, 5.41) is 1.32. The minimum Gasteiger partial charge on any atom is -0.462 e. The normalized spacial score (nSPS) is 11.1. The van der Waals surface area contributed by atoms with Gasteiger partial charge in [0.15, 0.2) is 17.0 Å². The standard InChI is InChI=1S/C26H17Cl3N4O3/c1-2-36-26(35)15-3-8-18(9-4-15)32-14-30-22-24(32)31-23(20-12-7-17(28)13-21(20)29)33(25(22)34)19-10-5-16(27)6-11-19/h3-14H,2H2,1H3. The van der Waals surface area contributed by atoms with Crippen LogP contribution in [0.2, 0.25) is 15.1 Å². The summed E-state index contributed by atoms with van der Waals surface area (Å²) in [5.74, 6) is -0.107. The molecule has 0 fully saturated rings. The number of fused-ring (bicyclic) bond motifs is 1. The van der Waals surface area contributed by atoms with Crippen LogP contribution in [0, 0.1) is 0 Å². The van der Waals surface area contributed by atoms with Crippen LogP contribution >= 0.6 is 34.8 Å². The van der Waals surface area contributed by atoms with Crippen molar-refractivity contribution in [3.8, 4) is 22.8 Å². The van der Waals surface area contributed by atoms with E-state index in [0.717, 1.165) is 0 Å². The Labute approximate surface area is 220 Å². The number of hydrogen-bond acceptors (Lipinski definition) is 5. The van der Waals surface area contributed by atoms with Crippen molar-refractivity contribution in [1.29, 1.82) is 0 Å². The van der Waals surface area contributed by atoms with Crippen molar-refractivity contribution in [3.05, 3.63) is 104 Å². The largest absolute Gasteiger partial charge is 0.462 e. The van der Waals surface area contributed by atoms with Crippen LogP contribution in [0.4, 0.5) is 0 Å². The lowest BCUT2D eigenvalue weighted by molar-refractivity contribution is 0.0526. The second-order valence-corrected chi connectivity index (χ2v) is 9.01. The molecule has 0 amide bonds. The van der Waals surface area contributed by atoms with Crippen LogP contribution in [0.1, 0.15) is 17.3 Å². The average molecular weight is 540 g/mol. The molecule has 0 saturated heterocycles. The van der Waals surface area contributed by atoms with E-state index < -0.39 is 5.97 Å². The number of esters is 1. The molecule has 3 aromatic carbocycles. The van der Waals surface area contributed by atoms with Gasteiger partial charge in [-0.1, -0.05) is 34.8 Å². The van der Waals surface area contributed by atoms with E-state index in [2.05, 4.69) is 4.98 Å². The number of aromatic nitrogens is 4. The first-order chi connectivity index (χ1) is 17.4. The fourth-order valence-electron chi connectivity index (χ4n) is 3.79. The van der Waals surface area contributed by atoms with E-state index in [0.29, 0.717) is 49.0 Å². The second kappa shape index (κ2) is 9.78. The van der Waals surface area contributed by atoms with E-state index in [4.69, 9.17) is 44.5 Å². The Kier molecular flexibility index (Phi) is 6.53. The molecule has 10 heteroatoms. The van der Waals surface area contributed by atoms with Crippen molar-refractivity contribution in [1.82, 2.24) is 19.1 Å². The highest BCUT2D eigenvalue weighted by Gasteiger charge is 2.20. The van der Waals surface area contributed by atoms with Gasteiger partial charge in [-0.05, 0) is 73.7 Å². The number of carbonyl (C=O) groups excluding carboxylic acids is 1. The van der Waals surface area contributed by atoms with Gasteiger partial charge in [-0.15, -0.1) is 0 Å². The van der Waals surface area contributed by atoms with Gasteiger partial charge in [0.25, 0.3) is 5.56 Å². The number of rotatable bonds is 5. The Bertz CT molecular complexity index is 1660. The maximum absolute atomic E-state index is 13.7. The fourth-order valence-corrected chi connectivity index (χ4v) is 4.41. The number of benzene rings is 3.